The number of carbonyl (C=O) groups is 3. The Morgan fingerprint density at radius 2 is 1.60 bits per heavy atom. The minimum atomic E-state index is -5.12. The highest BCUT2D eigenvalue weighted by Gasteiger charge is 2.38. The number of carboxylic acids is 1. The maximum Gasteiger partial charge on any atom is 0.472 e. The minimum Gasteiger partial charge on any atom is -0.478 e. The van der Waals surface area contributed by atoms with Crippen LogP contribution in [0, 0.1) is 0 Å². The molecule has 84 valence electrons. The van der Waals surface area contributed by atoms with Gasteiger partial charge in [-0.25, -0.2) is 4.79 Å². The zero-order chi connectivity index (χ0) is 12.1. The molecule has 0 bridgehead atoms. The number of amides is 2. The van der Waals surface area contributed by atoms with Gasteiger partial charge in [-0.05, 0) is 0 Å². The quantitative estimate of drug-likeness (QED) is 0.430. The van der Waals surface area contributed by atoms with Crippen LogP contribution < -0.4 is 10.9 Å². The summed E-state index contributed by atoms with van der Waals surface area (Å²) < 4.78 is 34.6. The van der Waals surface area contributed by atoms with Gasteiger partial charge in [0.15, 0.2) is 0 Å². The van der Waals surface area contributed by atoms with Crippen LogP contribution in [0.2, 0.25) is 0 Å². The molecule has 0 saturated carbocycles. The molecule has 0 atom stereocenters. The fourth-order valence-electron chi connectivity index (χ4n) is 0.378. The molecule has 6 nitrogen and oxygen atoms in total. The van der Waals surface area contributed by atoms with Crippen LogP contribution in [-0.4, -0.2) is 29.1 Å². The first-order chi connectivity index (χ1) is 6.73. The molecule has 0 aromatic heterocycles. The van der Waals surface area contributed by atoms with Crippen molar-refractivity contribution in [3.05, 3.63) is 12.2 Å². The second kappa shape index (κ2) is 4.98. The van der Waals surface area contributed by atoms with E-state index in [1.54, 1.807) is 0 Å². The van der Waals surface area contributed by atoms with Gasteiger partial charge < -0.3 is 5.11 Å². The summed E-state index contributed by atoms with van der Waals surface area (Å²) in [6.45, 7) is 0. The molecule has 2 amide bonds. The Morgan fingerprint density at radius 3 is 2.00 bits per heavy atom. The molecule has 0 radical (unpaired) electrons. The maximum atomic E-state index is 11.5. The van der Waals surface area contributed by atoms with Gasteiger partial charge in [0.2, 0.25) is 0 Å². The van der Waals surface area contributed by atoms with Crippen LogP contribution in [-0.2, 0) is 14.4 Å². The Hall–Kier alpha value is -2.06. The van der Waals surface area contributed by atoms with Crippen molar-refractivity contribution in [3.8, 4) is 0 Å². The van der Waals surface area contributed by atoms with E-state index in [9.17, 15) is 27.6 Å². The second-order valence-corrected chi connectivity index (χ2v) is 2.11. The Morgan fingerprint density at radius 1 is 1.07 bits per heavy atom. The highest BCUT2D eigenvalue weighted by Crippen LogP contribution is 2.13. The first kappa shape index (κ1) is 12.9. The molecule has 0 fully saturated rings. The van der Waals surface area contributed by atoms with Crippen molar-refractivity contribution in [2.75, 3.05) is 0 Å². The molecule has 0 aromatic carbocycles. The van der Waals surface area contributed by atoms with Gasteiger partial charge in [-0.2, -0.15) is 13.2 Å². The maximum absolute atomic E-state index is 11.5. The SMILES string of the molecule is O=C(O)/C=C\C(=O)NNC(=O)C(F)(F)F. The summed E-state index contributed by atoms with van der Waals surface area (Å²) in [6.07, 6.45) is -4.28. The van der Waals surface area contributed by atoms with Crippen LogP contribution in [0.3, 0.4) is 0 Å². The Kier molecular flexibility index (Phi) is 4.30. The average Bonchev–Trinajstić information content (AvgIpc) is 2.09. The number of hydrazine groups is 1. The van der Waals surface area contributed by atoms with Crippen LogP contribution in [0.5, 0.6) is 0 Å². The topological polar surface area (TPSA) is 95.5 Å². The predicted molar refractivity (Wildman–Crippen MR) is 39.1 cm³/mol. The van der Waals surface area contributed by atoms with Gasteiger partial charge in [-0.3, -0.25) is 20.4 Å². The summed E-state index contributed by atoms with van der Waals surface area (Å²) in [4.78, 5) is 30.5. The number of aliphatic carboxylic acids is 1. The lowest BCUT2D eigenvalue weighted by atomic mass is 10.5. The molecule has 0 aliphatic rings. The third-order valence-corrected chi connectivity index (χ3v) is 0.934. The van der Waals surface area contributed by atoms with Gasteiger partial charge in [-0.15, -0.1) is 0 Å². The molecular weight excluding hydrogens is 221 g/mol. The Labute approximate surface area is 80.7 Å². The van der Waals surface area contributed by atoms with Crippen molar-refractivity contribution < 1.29 is 32.7 Å². The van der Waals surface area contributed by atoms with E-state index >= 15 is 0 Å². The molecule has 0 unspecified atom stereocenters. The smallest absolute Gasteiger partial charge is 0.472 e. The van der Waals surface area contributed by atoms with Crippen LogP contribution in [0.1, 0.15) is 0 Å². The third-order valence-electron chi connectivity index (χ3n) is 0.934. The van der Waals surface area contributed by atoms with E-state index in [0.717, 1.165) is 5.43 Å². The number of carboxylic acid groups (broad SMARTS) is 1. The van der Waals surface area contributed by atoms with Crippen molar-refractivity contribution in [2.45, 2.75) is 6.18 Å². The average molecular weight is 226 g/mol. The highest BCUT2D eigenvalue weighted by molar-refractivity contribution is 5.95. The lowest BCUT2D eigenvalue weighted by Crippen LogP contribution is -2.47. The van der Waals surface area contributed by atoms with Crippen LogP contribution in [0.25, 0.3) is 0 Å². The molecule has 9 heteroatoms. The molecule has 0 spiro atoms. The first-order valence-electron chi connectivity index (χ1n) is 3.31. The van der Waals surface area contributed by atoms with Crippen LogP contribution in [0.4, 0.5) is 13.2 Å². The summed E-state index contributed by atoms with van der Waals surface area (Å²) in [6, 6.07) is 0. The van der Waals surface area contributed by atoms with Crippen molar-refractivity contribution >= 4 is 17.8 Å². The number of alkyl halides is 3. The van der Waals surface area contributed by atoms with E-state index in [-0.39, 0.29) is 0 Å². The van der Waals surface area contributed by atoms with E-state index < -0.39 is 24.0 Å². The van der Waals surface area contributed by atoms with Crippen molar-refractivity contribution in [3.63, 3.8) is 0 Å². The van der Waals surface area contributed by atoms with Gasteiger partial charge in [0.25, 0.3) is 5.91 Å². The summed E-state index contributed by atoms with van der Waals surface area (Å²) in [5, 5.41) is 8.03. The predicted octanol–water partition coefficient (Wildman–Crippen LogP) is -0.663. The molecule has 3 N–H and O–H groups in total. The fourth-order valence-corrected chi connectivity index (χ4v) is 0.378. The number of halogens is 3. The lowest BCUT2D eigenvalue weighted by Gasteiger charge is -2.06. The van der Waals surface area contributed by atoms with Crippen molar-refractivity contribution in [1.82, 2.24) is 10.9 Å². The Bertz CT molecular complexity index is 310. The van der Waals surface area contributed by atoms with Crippen molar-refractivity contribution in [2.24, 2.45) is 0 Å². The van der Waals surface area contributed by atoms with E-state index in [0.29, 0.717) is 12.2 Å². The minimum absolute atomic E-state index is 0.398. The number of hydrogen-bond acceptors (Lipinski definition) is 3. The number of rotatable bonds is 2. The second-order valence-electron chi connectivity index (χ2n) is 2.11. The third kappa shape index (κ3) is 6.07. The normalized spacial score (nSPS) is 11.1. The van der Waals surface area contributed by atoms with Gasteiger partial charge in [0.1, 0.15) is 0 Å². The zero-order valence-electron chi connectivity index (χ0n) is 6.96. The lowest BCUT2D eigenvalue weighted by molar-refractivity contribution is -0.175. The van der Waals surface area contributed by atoms with E-state index in [2.05, 4.69) is 0 Å². The highest BCUT2D eigenvalue weighted by atomic mass is 19.4. The molecule has 15 heavy (non-hydrogen) atoms. The monoisotopic (exact) mass is 226 g/mol. The molecular formula is C6H5F3N2O4. The first-order valence-corrected chi connectivity index (χ1v) is 3.31. The van der Waals surface area contributed by atoms with Gasteiger partial charge in [0.05, 0.1) is 0 Å². The summed E-state index contributed by atoms with van der Waals surface area (Å²) in [5.74, 6) is -5.01. The van der Waals surface area contributed by atoms with E-state index in [4.69, 9.17) is 5.11 Å². The number of carbonyl (C=O) groups excluding carboxylic acids is 2. The number of nitrogens with one attached hydrogen (secondary N) is 2. The van der Waals surface area contributed by atoms with E-state index in [1.807, 2.05) is 0 Å². The molecule has 0 rings (SSSR count). The summed E-state index contributed by atoms with van der Waals surface area (Å²) in [5.41, 5.74) is 2.37. The van der Waals surface area contributed by atoms with Crippen molar-refractivity contribution in [1.29, 1.82) is 0 Å². The number of hydrogen-bond donors (Lipinski definition) is 3. The van der Waals surface area contributed by atoms with Crippen LogP contribution >= 0.6 is 0 Å². The molecule has 0 aromatic rings. The molecule has 0 saturated heterocycles. The molecule has 0 heterocycles. The van der Waals surface area contributed by atoms with Gasteiger partial charge in [-0.1, -0.05) is 0 Å². The molecule has 0 aliphatic heterocycles. The van der Waals surface area contributed by atoms with Crippen LogP contribution in [0.15, 0.2) is 12.2 Å². The van der Waals surface area contributed by atoms with Gasteiger partial charge >= 0.3 is 18.1 Å². The summed E-state index contributed by atoms with van der Waals surface area (Å²) >= 11 is 0. The Balaban J connectivity index is 4.03. The van der Waals surface area contributed by atoms with Gasteiger partial charge in [0, 0.05) is 12.2 Å². The largest absolute Gasteiger partial charge is 0.478 e. The summed E-state index contributed by atoms with van der Waals surface area (Å²) in [7, 11) is 0. The fraction of sp³-hybridized carbons (Fsp3) is 0.167. The standard InChI is InChI=1S/C6H5F3N2O4/c7-6(8,9)5(15)11-10-3(12)1-2-4(13)14/h1-2H,(H,10,12)(H,11,15)(H,13,14)/b2-1-. The zero-order valence-corrected chi connectivity index (χ0v) is 6.96. The molecule has 0 aliphatic carbocycles. The van der Waals surface area contributed by atoms with E-state index in [1.165, 1.54) is 5.43 Å².